The zero-order chi connectivity index (χ0) is 14.0. The topological polar surface area (TPSA) is 112 Å². The lowest BCUT2D eigenvalue weighted by molar-refractivity contribution is -0.113. The number of anilines is 1. The van der Waals surface area contributed by atoms with Crippen LogP contribution in [-0.2, 0) is 4.79 Å². The van der Waals surface area contributed by atoms with Crippen LogP contribution in [0.3, 0.4) is 0 Å². The number of carbonyl (C=O) groups is 2. The molecule has 19 heavy (non-hydrogen) atoms. The van der Waals surface area contributed by atoms with Crippen LogP contribution in [-0.4, -0.2) is 31.4 Å². The van der Waals surface area contributed by atoms with Crippen molar-refractivity contribution in [3.63, 3.8) is 0 Å². The van der Waals surface area contributed by atoms with Crippen molar-refractivity contribution in [2.24, 2.45) is 0 Å². The van der Waals surface area contributed by atoms with Crippen LogP contribution in [0.5, 0.6) is 0 Å². The number of hydrogen-bond donors (Lipinski definition) is 3. The summed E-state index contributed by atoms with van der Waals surface area (Å²) in [5.41, 5.74) is -0.148. The molecule has 7 nitrogen and oxygen atoms in total. The molecule has 1 aromatic heterocycles. The molecule has 0 fully saturated rings. The number of carboxylic acids is 1. The molecule has 0 atom stereocenters. The molecule has 0 aliphatic heterocycles. The molecule has 2 rings (SSSR count). The van der Waals surface area contributed by atoms with Crippen molar-refractivity contribution in [2.45, 2.75) is 0 Å². The van der Waals surface area contributed by atoms with Gasteiger partial charge in [0.25, 0.3) is 5.56 Å². The third-order valence-corrected chi connectivity index (χ3v) is 2.99. The quantitative estimate of drug-likeness (QED) is 0.549. The molecule has 0 saturated heterocycles. The van der Waals surface area contributed by atoms with E-state index >= 15 is 0 Å². The fourth-order valence-electron chi connectivity index (χ4n) is 1.50. The molecule has 0 radical (unpaired) electrons. The predicted molar refractivity (Wildman–Crippen MR) is 76.8 cm³/mol. The van der Waals surface area contributed by atoms with Crippen molar-refractivity contribution >= 4 is 51.2 Å². The zero-order valence-electron chi connectivity index (χ0n) is 9.44. The second-order valence-corrected chi connectivity index (χ2v) is 4.40. The molecular formula is C11H8IN3O4. The Kier molecular flexibility index (Phi) is 3.79. The Bertz CT molecular complexity index is 725. The van der Waals surface area contributed by atoms with Crippen LogP contribution < -0.4 is 10.9 Å². The molecule has 3 N–H and O–H groups in total. The van der Waals surface area contributed by atoms with Crippen LogP contribution in [0.1, 0.15) is 10.5 Å². The molecule has 0 saturated carbocycles. The van der Waals surface area contributed by atoms with Gasteiger partial charge >= 0.3 is 5.97 Å². The Balaban J connectivity index is 2.52. The summed E-state index contributed by atoms with van der Waals surface area (Å²) in [4.78, 5) is 39.7. The summed E-state index contributed by atoms with van der Waals surface area (Å²) < 4.78 is 0.301. The molecule has 0 bridgehead atoms. The summed E-state index contributed by atoms with van der Waals surface area (Å²) in [6.45, 7) is 0. The van der Waals surface area contributed by atoms with Crippen molar-refractivity contribution < 1.29 is 14.7 Å². The molecule has 1 heterocycles. The number of aromatic nitrogens is 2. The Hall–Kier alpha value is -1.97. The monoisotopic (exact) mass is 373 g/mol. The Morgan fingerprint density at radius 2 is 2.16 bits per heavy atom. The number of hydrogen-bond acceptors (Lipinski definition) is 4. The third kappa shape index (κ3) is 2.89. The van der Waals surface area contributed by atoms with E-state index < -0.39 is 17.2 Å². The largest absolute Gasteiger partial charge is 0.476 e. The Labute approximate surface area is 120 Å². The molecule has 8 heteroatoms. The van der Waals surface area contributed by atoms with Crippen LogP contribution >= 0.6 is 22.6 Å². The highest BCUT2D eigenvalue weighted by molar-refractivity contribution is 14.1. The number of rotatable bonds is 3. The highest BCUT2D eigenvalue weighted by atomic mass is 127. The highest BCUT2D eigenvalue weighted by Gasteiger charge is 2.12. The molecule has 0 spiro atoms. The van der Waals surface area contributed by atoms with Gasteiger partial charge in [0.2, 0.25) is 11.6 Å². The van der Waals surface area contributed by atoms with Gasteiger partial charge in [-0.05, 0) is 18.2 Å². The smallest absolute Gasteiger partial charge is 0.360 e. The minimum absolute atomic E-state index is 0.178. The summed E-state index contributed by atoms with van der Waals surface area (Å²) in [7, 11) is 0. The summed E-state index contributed by atoms with van der Waals surface area (Å²) in [5.74, 6) is -1.58. The summed E-state index contributed by atoms with van der Waals surface area (Å²) in [6, 6.07) is 4.66. The van der Waals surface area contributed by atoms with E-state index in [4.69, 9.17) is 5.11 Å². The minimum atomic E-state index is -1.40. The van der Waals surface area contributed by atoms with Crippen LogP contribution in [0.25, 0.3) is 11.0 Å². The average Bonchev–Trinajstić information content (AvgIpc) is 2.37. The van der Waals surface area contributed by atoms with E-state index in [1.54, 1.807) is 12.1 Å². The van der Waals surface area contributed by atoms with Gasteiger partial charge in [0.05, 0.1) is 15.5 Å². The van der Waals surface area contributed by atoms with E-state index in [9.17, 15) is 14.4 Å². The SMILES string of the molecule is O=C(CI)Nc1ccc2[nH]c(=O)c(C(=O)O)nc2c1. The number of alkyl halides is 1. The van der Waals surface area contributed by atoms with Crippen LogP contribution in [0, 0.1) is 0 Å². The van der Waals surface area contributed by atoms with Crippen molar-refractivity contribution in [3.8, 4) is 0 Å². The van der Waals surface area contributed by atoms with Crippen molar-refractivity contribution in [3.05, 3.63) is 34.2 Å². The molecule has 1 aromatic carbocycles. The fraction of sp³-hybridized carbons (Fsp3) is 0.0909. The molecule has 2 aromatic rings. The molecule has 0 unspecified atom stereocenters. The van der Waals surface area contributed by atoms with Gasteiger partial charge in [-0.15, -0.1) is 0 Å². The average molecular weight is 373 g/mol. The molecule has 98 valence electrons. The lowest BCUT2D eigenvalue weighted by Crippen LogP contribution is -2.20. The lowest BCUT2D eigenvalue weighted by atomic mass is 10.2. The van der Waals surface area contributed by atoms with Crippen molar-refractivity contribution in [1.29, 1.82) is 0 Å². The van der Waals surface area contributed by atoms with Crippen molar-refractivity contribution in [2.75, 3.05) is 9.74 Å². The fourth-order valence-corrected chi connectivity index (χ4v) is 1.69. The second-order valence-electron chi connectivity index (χ2n) is 3.63. The van der Waals surface area contributed by atoms with Gasteiger partial charge in [0, 0.05) is 5.69 Å². The van der Waals surface area contributed by atoms with E-state index in [2.05, 4.69) is 15.3 Å². The maximum absolute atomic E-state index is 11.4. The number of aromatic amines is 1. The molecule has 1 amide bonds. The van der Waals surface area contributed by atoms with E-state index in [1.807, 2.05) is 22.6 Å². The minimum Gasteiger partial charge on any atom is -0.476 e. The van der Waals surface area contributed by atoms with Gasteiger partial charge in [-0.1, -0.05) is 22.6 Å². The number of carboxylic acid groups (broad SMARTS) is 1. The number of halogens is 1. The number of fused-ring (bicyclic) bond motifs is 1. The normalized spacial score (nSPS) is 10.4. The van der Waals surface area contributed by atoms with Gasteiger partial charge in [0.15, 0.2) is 0 Å². The Morgan fingerprint density at radius 3 is 2.79 bits per heavy atom. The molecular weight excluding hydrogens is 365 g/mol. The first-order valence-electron chi connectivity index (χ1n) is 5.14. The van der Waals surface area contributed by atoms with E-state index in [0.29, 0.717) is 21.1 Å². The van der Waals surface area contributed by atoms with Gasteiger partial charge in [-0.2, -0.15) is 0 Å². The van der Waals surface area contributed by atoms with Gasteiger partial charge in [-0.3, -0.25) is 9.59 Å². The van der Waals surface area contributed by atoms with Crippen LogP contribution in [0.2, 0.25) is 0 Å². The molecule has 0 aliphatic carbocycles. The van der Waals surface area contributed by atoms with E-state index in [-0.39, 0.29) is 5.91 Å². The number of benzene rings is 1. The standard InChI is InChI=1S/C11H8IN3O4/c12-4-8(16)13-5-1-2-6-7(3-5)14-9(11(18)19)10(17)15-6/h1-3H,4H2,(H,13,16)(H,15,17)(H,18,19). The summed E-state index contributed by atoms with van der Waals surface area (Å²) in [5, 5.41) is 11.4. The summed E-state index contributed by atoms with van der Waals surface area (Å²) >= 11 is 1.92. The van der Waals surface area contributed by atoms with Gasteiger partial charge in [0.1, 0.15) is 0 Å². The van der Waals surface area contributed by atoms with Gasteiger partial charge < -0.3 is 15.4 Å². The van der Waals surface area contributed by atoms with Crippen LogP contribution in [0.15, 0.2) is 23.0 Å². The van der Waals surface area contributed by atoms with E-state index in [0.717, 1.165) is 0 Å². The third-order valence-electron chi connectivity index (χ3n) is 2.30. The molecule has 0 aliphatic rings. The second kappa shape index (κ2) is 5.34. The van der Waals surface area contributed by atoms with E-state index in [1.165, 1.54) is 6.07 Å². The first-order valence-corrected chi connectivity index (χ1v) is 6.67. The van der Waals surface area contributed by atoms with Crippen LogP contribution in [0.4, 0.5) is 5.69 Å². The van der Waals surface area contributed by atoms with Crippen molar-refractivity contribution in [1.82, 2.24) is 9.97 Å². The highest BCUT2D eigenvalue weighted by Crippen LogP contribution is 2.15. The van der Waals surface area contributed by atoms with Gasteiger partial charge in [-0.25, -0.2) is 9.78 Å². The number of nitrogens with one attached hydrogen (secondary N) is 2. The summed E-state index contributed by atoms with van der Waals surface area (Å²) in [6.07, 6.45) is 0. The number of carbonyl (C=O) groups excluding carboxylic acids is 1. The predicted octanol–water partition coefficient (Wildman–Crippen LogP) is 0.995. The Morgan fingerprint density at radius 1 is 1.42 bits per heavy atom. The number of H-pyrrole nitrogens is 1. The lowest BCUT2D eigenvalue weighted by Gasteiger charge is -2.04. The maximum Gasteiger partial charge on any atom is 0.360 e. The number of nitrogens with zero attached hydrogens (tertiary/aromatic N) is 1. The number of aromatic carboxylic acids is 1. The first kappa shape index (κ1) is 13.5. The zero-order valence-corrected chi connectivity index (χ0v) is 11.6. The maximum atomic E-state index is 11.4. The first-order chi connectivity index (χ1) is 9.01. The number of amides is 1.